The van der Waals surface area contributed by atoms with Gasteiger partial charge in [-0.25, -0.2) is 0 Å². The van der Waals surface area contributed by atoms with E-state index in [4.69, 9.17) is 0 Å². The Morgan fingerprint density at radius 3 is 0.800 bits per heavy atom. The average molecular weight is 268 g/mol. The first-order valence-electron chi connectivity index (χ1n) is 2.84. The van der Waals surface area contributed by atoms with Gasteiger partial charge in [-0.3, -0.25) is 4.18 Å². The van der Waals surface area contributed by atoms with E-state index in [2.05, 4.69) is 4.18 Å². The van der Waals surface area contributed by atoms with Crippen molar-refractivity contribution in [1.29, 1.82) is 0 Å². The fourth-order valence-electron chi connectivity index (χ4n) is 0.637. The Bertz CT molecular complexity index is 188. The summed E-state index contributed by atoms with van der Waals surface area (Å²) in [6.07, 6.45) is -20.2. The van der Waals surface area contributed by atoms with Gasteiger partial charge in [-0.2, -0.15) is 39.5 Å². The molecule has 0 saturated heterocycles. The molecule has 0 heterocycles. The molecule has 92 valence electrons. The molecule has 0 spiro atoms. The lowest BCUT2D eigenvalue weighted by molar-refractivity contribution is -0.433. The summed E-state index contributed by atoms with van der Waals surface area (Å²) in [7, 11) is 0. The first kappa shape index (κ1) is 14.7. The minimum Gasteiger partial charge on any atom is -0.286 e. The molecule has 0 saturated carbocycles. The van der Waals surface area contributed by atoms with E-state index in [0.717, 1.165) is 0 Å². The minimum atomic E-state index is -6.72. The molecule has 0 radical (unpaired) electrons. The van der Waals surface area contributed by atoms with Gasteiger partial charge in [0.2, 0.25) is 0 Å². The SMILES string of the molecule is FC(F)(F)C(OS)(C(F)(F)F)C(F)(F)F. The second kappa shape index (κ2) is 3.61. The van der Waals surface area contributed by atoms with E-state index >= 15 is 0 Å². The van der Waals surface area contributed by atoms with E-state index in [0.29, 0.717) is 0 Å². The Labute approximate surface area is 81.8 Å². The number of alkyl halides is 9. The molecule has 0 aromatic heterocycles. The monoisotopic (exact) mass is 268 g/mol. The largest absolute Gasteiger partial charge is 0.437 e. The van der Waals surface area contributed by atoms with E-state index in [1.807, 2.05) is 12.9 Å². The van der Waals surface area contributed by atoms with Crippen LogP contribution in [0.15, 0.2) is 0 Å². The molecule has 0 atom stereocenters. The standard InChI is InChI=1S/C4HF9OS/c5-2(6,7)1(14-15,3(8,9)10)4(11,12)13/h15H. The fraction of sp³-hybridized carbons (Fsp3) is 1.00. The number of rotatable bonds is 1. The van der Waals surface area contributed by atoms with E-state index in [-0.39, 0.29) is 0 Å². The summed E-state index contributed by atoms with van der Waals surface area (Å²) in [5.74, 6) is 0. The van der Waals surface area contributed by atoms with Crippen LogP contribution in [0, 0.1) is 0 Å². The third-order valence-corrected chi connectivity index (χ3v) is 1.61. The van der Waals surface area contributed by atoms with Crippen molar-refractivity contribution in [3.05, 3.63) is 0 Å². The second-order valence-corrected chi connectivity index (χ2v) is 2.45. The summed E-state index contributed by atoms with van der Waals surface area (Å²) < 4.78 is 108. The smallest absolute Gasteiger partial charge is 0.286 e. The van der Waals surface area contributed by atoms with Crippen LogP contribution in [0.25, 0.3) is 0 Å². The van der Waals surface area contributed by atoms with Crippen molar-refractivity contribution in [2.24, 2.45) is 0 Å². The molecular weight excluding hydrogens is 267 g/mol. The molecule has 0 bridgehead atoms. The third-order valence-electron chi connectivity index (χ3n) is 1.33. The van der Waals surface area contributed by atoms with Crippen LogP contribution in [0.5, 0.6) is 0 Å². The highest BCUT2D eigenvalue weighted by Crippen LogP contribution is 2.55. The van der Waals surface area contributed by atoms with E-state index in [1.54, 1.807) is 0 Å². The zero-order chi connectivity index (χ0) is 12.7. The van der Waals surface area contributed by atoms with Gasteiger partial charge in [-0.15, -0.1) is 0 Å². The Morgan fingerprint density at radius 1 is 0.600 bits per heavy atom. The molecular formula is C4HF9OS. The number of halogens is 9. The topological polar surface area (TPSA) is 9.23 Å². The van der Waals surface area contributed by atoms with Gasteiger partial charge in [0.15, 0.2) is 0 Å². The van der Waals surface area contributed by atoms with E-state index < -0.39 is 24.1 Å². The molecule has 0 unspecified atom stereocenters. The third kappa shape index (κ3) is 2.12. The molecule has 0 rings (SSSR count). The normalized spacial score (nSPS) is 15.6. The Balaban J connectivity index is 5.78. The maximum Gasteiger partial charge on any atom is 0.437 e. The summed E-state index contributed by atoms with van der Waals surface area (Å²) in [5, 5.41) is 0. The van der Waals surface area contributed by atoms with Gasteiger partial charge in [0, 0.05) is 0 Å². The van der Waals surface area contributed by atoms with E-state index in [1.165, 1.54) is 0 Å². The minimum absolute atomic E-state index is 2.02. The molecule has 15 heavy (non-hydrogen) atoms. The zero-order valence-corrected chi connectivity index (χ0v) is 7.15. The van der Waals surface area contributed by atoms with Crippen molar-refractivity contribution >= 4 is 12.9 Å². The zero-order valence-electron chi connectivity index (χ0n) is 6.26. The van der Waals surface area contributed by atoms with Crippen LogP contribution in [0.1, 0.15) is 0 Å². The van der Waals surface area contributed by atoms with Crippen molar-refractivity contribution in [1.82, 2.24) is 0 Å². The van der Waals surface area contributed by atoms with Crippen LogP contribution >= 0.6 is 12.9 Å². The molecule has 0 aliphatic carbocycles. The lowest BCUT2D eigenvalue weighted by atomic mass is 10.0. The van der Waals surface area contributed by atoms with Crippen LogP contribution in [0.4, 0.5) is 39.5 Å². The van der Waals surface area contributed by atoms with Crippen LogP contribution in [-0.2, 0) is 4.18 Å². The number of hydrogen-bond donors (Lipinski definition) is 1. The highest BCUT2D eigenvalue weighted by Gasteiger charge is 2.85. The van der Waals surface area contributed by atoms with Crippen molar-refractivity contribution in [3.8, 4) is 0 Å². The van der Waals surface area contributed by atoms with Crippen LogP contribution in [0.3, 0.4) is 0 Å². The first-order chi connectivity index (χ1) is 6.31. The van der Waals surface area contributed by atoms with E-state index in [9.17, 15) is 39.5 Å². The lowest BCUT2D eigenvalue weighted by Gasteiger charge is -2.35. The van der Waals surface area contributed by atoms with Crippen molar-refractivity contribution in [2.75, 3.05) is 0 Å². The van der Waals surface area contributed by atoms with Crippen molar-refractivity contribution < 1.29 is 43.7 Å². The van der Waals surface area contributed by atoms with Crippen LogP contribution in [0.2, 0.25) is 0 Å². The molecule has 0 N–H and O–H groups in total. The summed E-state index contributed by atoms with van der Waals surface area (Å²) in [5.41, 5.74) is -6.28. The predicted octanol–water partition coefficient (Wildman–Crippen LogP) is 3.27. The van der Waals surface area contributed by atoms with Crippen LogP contribution in [-0.4, -0.2) is 24.1 Å². The predicted molar refractivity (Wildman–Crippen MR) is 31.0 cm³/mol. The van der Waals surface area contributed by atoms with Crippen molar-refractivity contribution in [2.45, 2.75) is 24.1 Å². The Kier molecular flexibility index (Phi) is 3.53. The van der Waals surface area contributed by atoms with Crippen LogP contribution < -0.4 is 0 Å². The van der Waals surface area contributed by atoms with Crippen molar-refractivity contribution in [3.63, 3.8) is 0 Å². The molecule has 11 heteroatoms. The first-order valence-corrected chi connectivity index (χ1v) is 3.20. The van der Waals surface area contributed by atoms with Gasteiger partial charge in [-0.1, -0.05) is 0 Å². The number of thiol groups is 1. The summed E-state index contributed by atoms with van der Waals surface area (Å²) in [6, 6.07) is 0. The summed E-state index contributed by atoms with van der Waals surface area (Å²) in [6.45, 7) is 0. The molecule has 1 nitrogen and oxygen atoms in total. The molecule has 0 amide bonds. The highest BCUT2D eigenvalue weighted by molar-refractivity contribution is 7.75. The summed E-state index contributed by atoms with van der Waals surface area (Å²) >= 11 is 2.02. The fourth-order valence-corrected chi connectivity index (χ4v) is 0.948. The van der Waals surface area contributed by atoms with Gasteiger partial charge >= 0.3 is 24.1 Å². The second-order valence-electron chi connectivity index (χ2n) is 2.27. The lowest BCUT2D eigenvalue weighted by Crippen LogP contribution is -2.66. The Morgan fingerprint density at radius 2 is 0.800 bits per heavy atom. The molecule has 0 aromatic rings. The Hall–Kier alpha value is -0.320. The maximum absolute atomic E-state index is 11.8. The van der Waals surface area contributed by atoms with Gasteiger partial charge in [0.25, 0.3) is 0 Å². The highest BCUT2D eigenvalue weighted by atomic mass is 32.1. The summed E-state index contributed by atoms with van der Waals surface area (Å²) in [4.78, 5) is 0. The van der Waals surface area contributed by atoms with Gasteiger partial charge < -0.3 is 0 Å². The maximum atomic E-state index is 11.8. The average Bonchev–Trinajstić information content (AvgIpc) is 1.76. The van der Waals surface area contributed by atoms with Gasteiger partial charge in [0.1, 0.15) is 0 Å². The molecule has 0 aromatic carbocycles. The quantitative estimate of drug-likeness (QED) is 0.436. The molecule has 0 aliphatic rings. The molecule has 0 fully saturated rings. The van der Waals surface area contributed by atoms with Gasteiger partial charge in [0.05, 0.1) is 0 Å². The van der Waals surface area contributed by atoms with Gasteiger partial charge in [-0.05, 0) is 12.9 Å². The molecule has 0 aliphatic heterocycles. The number of hydrogen-bond acceptors (Lipinski definition) is 2.